The number of nitrogens with zero attached hydrogens (tertiary/aromatic N) is 1. The van der Waals surface area contributed by atoms with Crippen LogP contribution in [-0.2, 0) is 0 Å². The van der Waals surface area contributed by atoms with E-state index in [1.54, 1.807) is 5.70 Å². The average molecular weight is 247 g/mol. The minimum Gasteiger partial charge on any atom is -0.393 e. The lowest BCUT2D eigenvalue weighted by Crippen LogP contribution is -2.47. The number of allylic oxidation sites excluding steroid dienone is 2. The minimum atomic E-state index is -0.0262. The van der Waals surface area contributed by atoms with Crippen molar-refractivity contribution in [1.82, 2.24) is 4.90 Å². The van der Waals surface area contributed by atoms with E-state index in [4.69, 9.17) is 0 Å². The number of rotatable bonds is 0. The fourth-order valence-corrected chi connectivity index (χ4v) is 5.74. The molecule has 2 saturated heterocycles. The average Bonchev–Trinajstić information content (AvgIpc) is 2.55. The Balaban J connectivity index is 1.88. The van der Waals surface area contributed by atoms with Gasteiger partial charge in [-0.2, -0.15) is 0 Å². The number of hydrogen-bond donors (Lipinski definition) is 1. The Bertz CT molecular complexity index is 391. The van der Waals surface area contributed by atoms with Crippen LogP contribution >= 0.6 is 0 Å². The molecule has 0 radical (unpaired) electrons. The maximum atomic E-state index is 10.5. The smallest absolute Gasteiger partial charge is 0.0580 e. The molecule has 1 saturated carbocycles. The quantitative estimate of drug-likeness (QED) is 0.711. The molecule has 5 atom stereocenters. The lowest BCUT2D eigenvalue weighted by molar-refractivity contribution is 0.0412. The number of aliphatic hydroxyl groups is 1. The van der Waals surface area contributed by atoms with E-state index in [1.165, 1.54) is 45.2 Å². The summed E-state index contributed by atoms with van der Waals surface area (Å²) in [5.41, 5.74) is 2.03. The van der Waals surface area contributed by atoms with Crippen LogP contribution in [0.4, 0.5) is 0 Å². The number of piperidine rings is 1. The van der Waals surface area contributed by atoms with Crippen molar-refractivity contribution in [1.29, 1.82) is 0 Å². The molecule has 4 rings (SSSR count). The zero-order valence-electron chi connectivity index (χ0n) is 11.4. The van der Waals surface area contributed by atoms with Gasteiger partial charge in [0.15, 0.2) is 0 Å². The van der Waals surface area contributed by atoms with Gasteiger partial charge in [-0.05, 0) is 56.3 Å². The molecule has 0 aromatic rings. The largest absolute Gasteiger partial charge is 0.393 e. The van der Waals surface area contributed by atoms with Crippen molar-refractivity contribution in [3.63, 3.8) is 0 Å². The summed E-state index contributed by atoms with van der Waals surface area (Å²) in [6.07, 6.45) is 10.1. The predicted molar refractivity (Wildman–Crippen MR) is 71.9 cm³/mol. The Morgan fingerprint density at radius 1 is 1.28 bits per heavy atom. The van der Waals surface area contributed by atoms with E-state index in [2.05, 4.69) is 17.9 Å². The highest BCUT2D eigenvalue weighted by Crippen LogP contribution is 2.64. The molecule has 0 aromatic carbocycles. The Morgan fingerprint density at radius 3 is 3.00 bits per heavy atom. The predicted octanol–water partition coefficient (Wildman–Crippen LogP) is 2.78. The van der Waals surface area contributed by atoms with Gasteiger partial charge < -0.3 is 10.0 Å². The van der Waals surface area contributed by atoms with E-state index in [0.29, 0.717) is 17.3 Å². The van der Waals surface area contributed by atoms with E-state index >= 15 is 0 Å². The second kappa shape index (κ2) is 3.75. The first-order valence-electron chi connectivity index (χ1n) is 7.87. The van der Waals surface area contributed by atoms with Crippen molar-refractivity contribution >= 4 is 0 Å². The van der Waals surface area contributed by atoms with Crippen molar-refractivity contribution in [2.75, 3.05) is 13.1 Å². The lowest BCUT2D eigenvalue weighted by Gasteiger charge is -2.52. The molecule has 0 unspecified atom stereocenters. The molecular formula is C16H25NO. The topological polar surface area (TPSA) is 23.5 Å². The normalized spacial score (nSPS) is 50.6. The Hall–Kier alpha value is -0.500. The summed E-state index contributed by atoms with van der Waals surface area (Å²) in [6, 6.07) is 0. The Morgan fingerprint density at radius 2 is 2.11 bits per heavy atom. The van der Waals surface area contributed by atoms with Gasteiger partial charge in [-0.15, -0.1) is 0 Å². The molecule has 18 heavy (non-hydrogen) atoms. The van der Waals surface area contributed by atoms with Crippen LogP contribution in [0.5, 0.6) is 0 Å². The summed E-state index contributed by atoms with van der Waals surface area (Å²) < 4.78 is 0. The summed E-state index contributed by atoms with van der Waals surface area (Å²) in [5.74, 6) is 2.03. The van der Waals surface area contributed by atoms with Crippen LogP contribution in [0, 0.1) is 23.2 Å². The van der Waals surface area contributed by atoms with E-state index in [1.807, 2.05) is 0 Å². The van der Waals surface area contributed by atoms with Gasteiger partial charge in [-0.25, -0.2) is 0 Å². The molecular weight excluding hydrogens is 222 g/mol. The third kappa shape index (κ3) is 1.28. The van der Waals surface area contributed by atoms with Gasteiger partial charge in [0.05, 0.1) is 6.10 Å². The first-order valence-corrected chi connectivity index (χ1v) is 7.87. The molecule has 2 aliphatic carbocycles. The van der Waals surface area contributed by atoms with Crippen molar-refractivity contribution in [2.24, 2.45) is 23.2 Å². The second-order valence-electron chi connectivity index (χ2n) is 7.14. The number of hydrogen-bond acceptors (Lipinski definition) is 2. The van der Waals surface area contributed by atoms with Gasteiger partial charge in [0.2, 0.25) is 0 Å². The molecule has 2 heterocycles. The molecule has 0 amide bonds. The molecule has 2 heteroatoms. The summed E-state index contributed by atoms with van der Waals surface area (Å²) in [4.78, 5) is 2.67. The minimum absolute atomic E-state index is 0.0262. The van der Waals surface area contributed by atoms with Crippen LogP contribution in [0.1, 0.15) is 45.4 Å². The second-order valence-corrected chi connectivity index (χ2v) is 7.14. The SMILES string of the molecule is C[C@H]1C=C2N3CCC[C@@H]4[C@@H](O)C[C@H](C1)[C@]24CCC3. The fourth-order valence-electron chi connectivity index (χ4n) is 5.74. The molecule has 1 spiro atoms. The van der Waals surface area contributed by atoms with Gasteiger partial charge in [0.1, 0.15) is 0 Å². The van der Waals surface area contributed by atoms with Crippen molar-refractivity contribution < 1.29 is 5.11 Å². The maximum absolute atomic E-state index is 10.5. The third-order valence-corrected chi connectivity index (χ3v) is 6.26. The van der Waals surface area contributed by atoms with E-state index in [9.17, 15) is 5.11 Å². The lowest BCUT2D eigenvalue weighted by atomic mass is 9.59. The van der Waals surface area contributed by atoms with Crippen LogP contribution in [0.25, 0.3) is 0 Å². The summed E-state index contributed by atoms with van der Waals surface area (Å²) >= 11 is 0. The first kappa shape index (κ1) is 11.3. The molecule has 2 nitrogen and oxygen atoms in total. The van der Waals surface area contributed by atoms with Gasteiger partial charge >= 0.3 is 0 Å². The number of aliphatic hydroxyl groups excluding tert-OH is 1. The fraction of sp³-hybridized carbons (Fsp3) is 0.875. The van der Waals surface area contributed by atoms with Gasteiger partial charge in [0, 0.05) is 24.2 Å². The third-order valence-electron chi connectivity index (χ3n) is 6.26. The Kier molecular flexibility index (Phi) is 2.36. The van der Waals surface area contributed by atoms with E-state index in [-0.39, 0.29) is 6.10 Å². The molecule has 1 N–H and O–H groups in total. The van der Waals surface area contributed by atoms with E-state index in [0.717, 1.165) is 12.3 Å². The zero-order chi connectivity index (χ0) is 12.3. The summed E-state index contributed by atoms with van der Waals surface area (Å²) in [6.45, 7) is 4.85. The molecule has 4 aliphatic rings. The molecule has 100 valence electrons. The standard InChI is InChI=1S/C16H25NO/c1-11-8-12-10-14(18)13-4-2-6-17-7-3-5-16(12,13)15(17)9-11/h9,11-14,18H,2-8,10H2,1H3/t11-,12+,13-,14+,16+/m1/s1. The summed E-state index contributed by atoms with van der Waals surface area (Å²) in [7, 11) is 0. The first-order chi connectivity index (χ1) is 8.72. The van der Waals surface area contributed by atoms with Crippen LogP contribution in [0.15, 0.2) is 11.8 Å². The van der Waals surface area contributed by atoms with E-state index < -0.39 is 0 Å². The van der Waals surface area contributed by atoms with Crippen molar-refractivity contribution in [2.45, 2.75) is 51.6 Å². The highest BCUT2D eigenvalue weighted by molar-refractivity contribution is 5.28. The van der Waals surface area contributed by atoms with Crippen molar-refractivity contribution in [3.8, 4) is 0 Å². The van der Waals surface area contributed by atoms with Crippen LogP contribution in [-0.4, -0.2) is 29.2 Å². The highest BCUT2D eigenvalue weighted by Gasteiger charge is 2.60. The van der Waals surface area contributed by atoms with Gasteiger partial charge in [-0.3, -0.25) is 0 Å². The molecule has 2 bridgehead atoms. The molecule has 3 fully saturated rings. The maximum Gasteiger partial charge on any atom is 0.0580 e. The highest BCUT2D eigenvalue weighted by atomic mass is 16.3. The van der Waals surface area contributed by atoms with Gasteiger partial charge in [-0.1, -0.05) is 13.0 Å². The summed E-state index contributed by atoms with van der Waals surface area (Å²) in [5, 5.41) is 10.5. The van der Waals surface area contributed by atoms with Gasteiger partial charge in [0.25, 0.3) is 0 Å². The zero-order valence-corrected chi connectivity index (χ0v) is 11.4. The van der Waals surface area contributed by atoms with Crippen LogP contribution in [0.2, 0.25) is 0 Å². The molecule has 0 aromatic heterocycles. The van der Waals surface area contributed by atoms with Crippen LogP contribution in [0.3, 0.4) is 0 Å². The van der Waals surface area contributed by atoms with Crippen molar-refractivity contribution in [3.05, 3.63) is 11.8 Å². The monoisotopic (exact) mass is 247 g/mol. The molecule has 2 aliphatic heterocycles. The van der Waals surface area contributed by atoms with Crippen LogP contribution < -0.4 is 0 Å². The Labute approximate surface area is 110 Å².